The lowest BCUT2D eigenvalue weighted by Crippen LogP contribution is -2.39. The van der Waals surface area contributed by atoms with Gasteiger partial charge in [-0.05, 0) is 50.2 Å². The van der Waals surface area contributed by atoms with Gasteiger partial charge >= 0.3 is 0 Å². The minimum atomic E-state index is 0.639. The molecule has 0 N–H and O–H groups in total. The Kier molecular flexibility index (Phi) is 3.78. The van der Waals surface area contributed by atoms with Crippen LogP contribution >= 0.6 is 0 Å². The molecule has 0 bridgehead atoms. The highest BCUT2D eigenvalue weighted by atomic mass is 15.1. The maximum Gasteiger partial charge on any atom is -0.00136 e. The van der Waals surface area contributed by atoms with Crippen molar-refractivity contribution in [2.45, 2.75) is 47.0 Å². The predicted octanol–water partition coefficient (Wildman–Crippen LogP) is 3.15. The maximum absolute atomic E-state index is 2.57. The van der Waals surface area contributed by atoms with Crippen LogP contribution in [0.5, 0.6) is 0 Å². The second-order valence-electron chi connectivity index (χ2n) is 5.34. The van der Waals surface area contributed by atoms with E-state index in [4.69, 9.17) is 0 Å². The van der Waals surface area contributed by atoms with Crippen molar-refractivity contribution in [1.82, 2.24) is 4.90 Å². The zero-order valence-corrected chi connectivity index (χ0v) is 9.77. The summed E-state index contributed by atoms with van der Waals surface area (Å²) in [6.45, 7) is 13.3. The van der Waals surface area contributed by atoms with E-state index in [0.29, 0.717) is 5.41 Å². The lowest BCUT2D eigenvalue weighted by atomic mass is 9.74. The van der Waals surface area contributed by atoms with Gasteiger partial charge in [0.2, 0.25) is 0 Å². The molecule has 1 fully saturated rings. The highest BCUT2D eigenvalue weighted by molar-refractivity contribution is 4.82. The molecular formula is C12H25N. The zero-order chi connectivity index (χ0) is 9.90. The van der Waals surface area contributed by atoms with Gasteiger partial charge in [-0.1, -0.05) is 27.7 Å². The first-order valence-corrected chi connectivity index (χ1v) is 5.78. The van der Waals surface area contributed by atoms with E-state index in [0.717, 1.165) is 5.92 Å². The molecule has 0 aromatic heterocycles. The summed E-state index contributed by atoms with van der Waals surface area (Å²) in [7, 11) is 0. The second-order valence-corrected chi connectivity index (χ2v) is 5.34. The molecule has 1 heterocycles. The van der Waals surface area contributed by atoms with Gasteiger partial charge in [-0.15, -0.1) is 0 Å². The monoisotopic (exact) mass is 183 g/mol. The molecule has 0 atom stereocenters. The van der Waals surface area contributed by atoms with E-state index >= 15 is 0 Å². The average molecular weight is 183 g/mol. The van der Waals surface area contributed by atoms with Crippen LogP contribution in [0.25, 0.3) is 0 Å². The summed E-state index contributed by atoms with van der Waals surface area (Å²) in [5.74, 6) is 0.859. The molecule has 0 amide bonds. The van der Waals surface area contributed by atoms with E-state index in [1.54, 1.807) is 0 Å². The number of piperidine rings is 1. The Balaban J connectivity index is 2.37. The van der Waals surface area contributed by atoms with Gasteiger partial charge in [0.1, 0.15) is 0 Å². The zero-order valence-electron chi connectivity index (χ0n) is 9.77. The lowest BCUT2D eigenvalue weighted by molar-refractivity contribution is 0.103. The number of hydrogen-bond acceptors (Lipinski definition) is 1. The first-order valence-electron chi connectivity index (χ1n) is 5.78. The van der Waals surface area contributed by atoms with Crippen molar-refractivity contribution in [1.29, 1.82) is 0 Å². The van der Waals surface area contributed by atoms with Crippen molar-refractivity contribution in [3.63, 3.8) is 0 Å². The van der Waals surface area contributed by atoms with Crippen molar-refractivity contribution in [3.05, 3.63) is 0 Å². The summed E-state index contributed by atoms with van der Waals surface area (Å²) in [6.07, 6.45) is 4.21. The fourth-order valence-electron chi connectivity index (χ4n) is 2.60. The first-order chi connectivity index (χ1) is 6.06. The smallest absolute Gasteiger partial charge is 0.00136 e. The fraction of sp³-hybridized carbons (Fsp3) is 1.00. The molecular weight excluding hydrogens is 158 g/mol. The molecule has 78 valence electrons. The molecule has 0 radical (unpaired) electrons. The summed E-state index contributed by atoms with van der Waals surface area (Å²) in [4.78, 5) is 2.57. The van der Waals surface area contributed by atoms with E-state index < -0.39 is 0 Å². The number of hydrogen-bond donors (Lipinski definition) is 0. The van der Waals surface area contributed by atoms with Gasteiger partial charge in [0.05, 0.1) is 0 Å². The number of rotatable bonds is 3. The van der Waals surface area contributed by atoms with Crippen molar-refractivity contribution in [2.75, 3.05) is 19.6 Å². The third kappa shape index (κ3) is 3.30. The third-order valence-corrected chi connectivity index (χ3v) is 3.41. The van der Waals surface area contributed by atoms with Crippen LogP contribution in [0.1, 0.15) is 47.0 Å². The molecule has 1 aliphatic rings. The third-order valence-electron chi connectivity index (χ3n) is 3.41. The topological polar surface area (TPSA) is 3.24 Å². The van der Waals surface area contributed by atoms with Gasteiger partial charge < -0.3 is 4.90 Å². The Morgan fingerprint density at radius 3 is 2.15 bits per heavy atom. The van der Waals surface area contributed by atoms with Gasteiger partial charge in [-0.25, -0.2) is 0 Å². The average Bonchev–Trinajstić information content (AvgIpc) is 2.04. The van der Waals surface area contributed by atoms with Gasteiger partial charge in [-0.3, -0.25) is 0 Å². The molecule has 0 saturated carbocycles. The standard InChI is InChI=1S/C12H25N/c1-5-13-8-6-12(4,7-9-13)10-11(2)3/h11H,5-10H2,1-4H3. The molecule has 0 unspecified atom stereocenters. The van der Waals surface area contributed by atoms with Crippen LogP contribution in [0, 0.1) is 11.3 Å². The van der Waals surface area contributed by atoms with Crippen molar-refractivity contribution in [2.24, 2.45) is 11.3 Å². The minimum absolute atomic E-state index is 0.639. The van der Waals surface area contributed by atoms with Crippen LogP contribution in [0.4, 0.5) is 0 Å². The van der Waals surface area contributed by atoms with Crippen LogP contribution in [0.2, 0.25) is 0 Å². The van der Waals surface area contributed by atoms with Gasteiger partial charge in [-0.2, -0.15) is 0 Å². The molecule has 1 rings (SSSR count). The minimum Gasteiger partial charge on any atom is -0.304 e. The fourth-order valence-corrected chi connectivity index (χ4v) is 2.60. The molecule has 1 saturated heterocycles. The van der Waals surface area contributed by atoms with Crippen LogP contribution in [0.15, 0.2) is 0 Å². The summed E-state index contributed by atoms with van der Waals surface area (Å²) in [6, 6.07) is 0. The molecule has 13 heavy (non-hydrogen) atoms. The molecule has 0 aliphatic carbocycles. The van der Waals surface area contributed by atoms with Crippen molar-refractivity contribution in [3.8, 4) is 0 Å². The highest BCUT2D eigenvalue weighted by Crippen LogP contribution is 2.36. The van der Waals surface area contributed by atoms with Gasteiger partial charge in [0.25, 0.3) is 0 Å². The van der Waals surface area contributed by atoms with Crippen molar-refractivity contribution >= 4 is 0 Å². The van der Waals surface area contributed by atoms with E-state index in [1.807, 2.05) is 0 Å². The Morgan fingerprint density at radius 2 is 1.77 bits per heavy atom. The van der Waals surface area contributed by atoms with Crippen molar-refractivity contribution < 1.29 is 0 Å². The summed E-state index contributed by atoms with van der Waals surface area (Å²) in [5, 5.41) is 0. The van der Waals surface area contributed by atoms with Crippen LogP contribution in [-0.4, -0.2) is 24.5 Å². The molecule has 0 aromatic rings. The molecule has 1 nitrogen and oxygen atoms in total. The van der Waals surface area contributed by atoms with Crippen LogP contribution in [-0.2, 0) is 0 Å². The number of likely N-dealkylation sites (tertiary alicyclic amines) is 1. The van der Waals surface area contributed by atoms with E-state index in [9.17, 15) is 0 Å². The Labute approximate surface area is 83.5 Å². The maximum atomic E-state index is 2.57. The molecule has 0 spiro atoms. The number of nitrogens with zero attached hydrogens (tertiary/aromatic N) is 1. The normalized spacial score (nSPS) is 23.8. The summed E-state index contributed by atoms with van der Waals surface area (Å²) in [5.41, 5.74) is 0.639. The Morgan fingerprint density at radius 1 is 1.23 bits per heavy atom. The molecule has 1 heteroatoms. The van der Waals surface area contributed by atoms with E-state index in [-0.39, 0.29) is 0 Å². The largest absolute Gasteiger partial charge is 0.304 e. The van der Waals surface area contributed by atoms with E-state index in [1.165, 1.54) is 38.9 Å². The first kappa shape index (κ1) is 11.0. The Hall–Kier alpha value is -0.0400. The van der Waals surface area contributed by atoms with Gasteiger partial charge in [0.15, 0.2) is 0 Å². The van der Waals surface area contributed by atoms with E-state index in [2.05, 4.69) is 32.6 Å². The van der Waals surface area contributed by atoms with Crippen LogP contribution < -0.4 is 0 Å². The quantitative estimate of drug-likeness (QED) is 0.649. The predicted molar refractivity (Wildman–Crippen MR) is 58.9 cm³/mol. The lowest BCUT2D eigenvalue weighted by Gasteiger charge is -2.40. The molecule has 0 aromatic carbocycles. The Bertz CT molecular complexity index is 143. The van der Waals surface area contributed by atoms with Gasteiger partial charge in [0, 0.05) is 0 Å². The molecule has 1 aliphatic heterocycles. The summed E-state index contributed by atoms with van der Waals surface area (Å²) < 4.78 is 0. The summed E-state index contributed by atoms with van der Waals surface area (Å²) >= 11 is 0. The highest BCUT2D eigenvalue weighted by Gasteiger charge is 2.29. The SMILES string of the molecule is CCN1CCC(C)(CC(C)C)CC1. The second kappa shape index (κ2) is 4.45. The van der Waals surface area contributed by atoms with Crippen LogP contribution in [0.3, 0.4) is 0 Å².